The molecular formula is C18H27NO4S. The van der Waals surface area contributed by atoms with Gasteiger partial charge in [0.1, 0.15) is 0 Å². The second kappa shape index (κ2) is 9.18. The monoisotopic (exact) mass is 353 g/mol. The third kappa shape index (κ3) is 7.01. The van der Waals surface area contributed by atoms with Crippen LogP contribution in [0.25, 0.3) is 0 Å². The second-order valence-corrected chi connectivity index (χ2v) is 8.57. The van der Waals surface area contributed by atoms with Crippen LogP contribution in [0, 0.1) is 5.92 Å². The molecule has 1 saturated carbocycles. The van der Waals surface area contributed by atoms with Gasteiger partial charge in [-0.05, 0) is 30.7 Å². The van der Waals surface area contributed by atoms with Crippen molar-refractivity contribution in [3.63, 3.8) is 0 Å². The van der Waals surface area contributed by atoms with E-state index < -0.39 is 16.0 Å². The zero-order valence-corrected chi connectivity index (χ0v) is 14.8. The molecule has 1 aromatic carbocycles. The van der Waals surface area contributed by atoms with Gasteiger partial charge in [-0.1, -0.05) is 56.0 Å². The maximum absolute atomic E-state index is 12.4. The Hall–Kier alpha value is -1.40. The largest absolute Gasteiger partial charge is 0.481 e. The van der Waals surface area contributed by atoms with E-state index in [2.05, 4.69) is 4.72 Å². The summed E-state index contributed by atoms with van der Waals surface area (Å²) in [6.45, 7) is 0. The first-order chi connectivity index (χ1) is 11.4. The van der Waals surface area contributed by atoms with Crippen molar-refractivity contribution >= 4 is 16.0 Å². The Labute approximate surface area is 144 Å². The van der Waals surface area contributed by atoms with E-state index >= 15 is 0 Å². The summed E-state index contributed by atoms with van der Waals surface area (Å²) in [5.74, 6) is -0.248. The molecule has 0 bridgehead atoms. The molecule has 1 unspecified atom stereocenters. The van der Waals surface area contributed by atoms with Gasteiger partial charge in [-0.3, -0.25) is 4.79 Å². The average Bonchev–Trinajstić information content (AvgIpc) is 3.05. The minimum atomic E-state index is -3.38. The number of carbonyl (C=O) groups is 1. The smallest absolute Gasteiger partial charge is 0.303 e. The molecule has 0 heterocycles. The van der Waals surface area contributed by atoms with Crippen LogP contribution in [0.1, 0.15) is 50.5 Å². The Bertz CT molecular complexity index is 609. The van der Waals surface area contributed by atoms with E-state index in [1.807, 2.05) is 30.3 Å². The van der Waals surface area contributed by atoms with Gasteiger partial charge in [0.25, 0.3) is 0 Å². The second-order valence-electron chi connectivity index (χ2n) is 6.69. The molecule has 1 fully saturated rings. The van der Waals surface area contributed by atoms with Crippen molar-refractivity contribution in [2.45, 2.75) is 57.4 Å². The minimum Gasteiger partial charge on any atom is -0.481 e. The first kappa shape index (κ1) is 18.9. The molecule has 134 valence electrons. The summed E-state index contributed by atoms with van der Waals surface area (Å²) in [5.41, 5.74) is 1.01. The van der Waals surface area contributed by atoms with Crippen molar-refractivity contribution in [2.24, 2.45) is 5.92 Å². The molecule has 0 aliphatic heterocycles. The summed E-state index contributed by atoms with van der Waals surface area (Å²) in [6.07, 6.45) is 6.13. The number of carboxylic acid groups (broad SMARTS) is 1. The zero-order valence-electron chi connectivity index (χ0n) is 14.0. The number of benzene rings is 1. The van der Waals surface area contributed by atoms with Crippen LogP contribution in [0.2, 0.25) is 0 Å². The number of sulfonamides is 1. The van der Waals surface area contributed by atoms with Crippen LogP contribution >= 0.6 is 0 Å². The van der Waals surface area contributed by atoms with Gasteiger partial charge in [-0.25, -0.2) is 13.1 Å². The van der Waals surface area contributed by atoms with Gasteiger partial charge in [0.15, 0.2) is 0 Å². The van der Waals surface area contributed by atoms with E-state index in [4.69, 9.17) is 5.11 Å². The van der Waals surface area contributed by atoms with Crippen LogP contribution in [0.15, 0.2) is 30.3 Å². The van der Waals surface area contributed by atoms with Gasteiger partial charge < -0.3 is 5.11 Å². The molecule has 0 aromatic heterocycles. The normalized spacial score (nSPS) is 17.0. The molecule has 0 saturated heterocycles. The summed E-state index contributed by atoms with van der Waals surface area (Å²) in [5, 5.41) is 8.90. The van der Waals surface area contributed by atoms with Crippen LogP contribution in [0.3, 0.4) is 0 Å². The van der Waals surface area contributed by atoms with Gasteiger partial charge in [-0.15, -0.1) is 0 Å². The topological polar surface area (TPSA) is 83.5 Å². The van der Waals surface area contributed by atoms with Crippen LogP contribution in [-0.2, 0) is 21.2 Å². The number of rotatable bonds is 10. The van der Waals surface area contributed by atoms with E-state index in [0.717, 1.165) is 18.4 Å². The number of hydrogen-bond donors (Lipinski definition) is 2. The van der Waals surface area contributed by atoms with Crippen LogP contribution in [0.4, 0.5) is 0 Å². The lowest BCUT2D eigenvalue weighted by atomic mass is 10.0. The van der Waals surface area contributed by atoms with Gasteiger partial charge in [-0.2, -0.15) is 0 Å². The summed E-state index contributed by atoms with van der Waals surface area (Å²) in [6, 6.07) is 9.19. The molecule has 6 heteroatoms. The molecule has 0 radical (unpaired) electrons. The molecule has 2 N–H and O–H groups in total. The summed E-state index contributed by atoms with van der Waals surface area (Å²) < 4.78 is 27.5. The number of aliphatic carboxylic acids is 1. The van der Waals surface area contributed by atoms with Crippen molar-refractivity contribution in [2.75, 3.05) is 5.75 Å². The maximum Gasteiger partial charge on any atom is 0.303 e. The molecular weight excluding hydrogens is 326 g/mol. The lowest BCUT2D eigenvalue weighted by Crippen LogP contribution is -2.38. The molecule has 1 atom stereocenters. The third-order valence-corrected chi connectivity index (χ3v) is 6.11. The van der Waals surface area contributed by atoms with Gasteiger partial charge in [0.2, 0.25) is 10.0 Å². The minimum absolute atomic E-state index is 0.0390. The highest BCUT2D eigenvalue weighted by Gasteiger charge is 2.22. The highest BCUT2D eigenvalue weighted by molar-refractivity contribution is 7.89. The fourth-order valence-electron chi connectivity index (χ4n) is 3.33. The molecule has 24 heavy (non-hydrogen) atoms. The molecule has 0 spiro atoms. The first-order valence-corrected chi connectivity index (χ1v) is 10.4. The van der Waals surface area contributed by atoms with E-state index in [1.165, 1.54) is 12.8 Å². The Morgan fingerprint density at radius 1 is 1.21 bits per heavy atom. The maximum atomic E-state index is 12.4. The number of nitrogens with one attached hydrogen (secondary N) is 1. The van der Waals surface area contributed by atoms with E-state index in [9.17, 15) is 13.2 Å². The Balaban J connectivity index is 1.92. The molecule has 1 aromatic rings. The Kier molecular flexibility index (Phi) is 7.24. The van der Waals surface area contributed by atoms with Crippen molar-refractivity contribution in [1.29, 1.82) is 0 Å². The SMILES string of the molecule is O=C(O)CCC(Cc1ccccc1)NS(=O)(=O)CCC1CCCC1. The lowest BCUT2D eigenvalue weighted by molar-refractivity contribution is -0.137. The highest BCUT2D eigenvalue weighted by Crippen LogP contribution is 2.27. The predicted molar refractivity (Wildman–Crippen MR) is 94.3 cm³/mol. The molecule has 1 aliphatic carbocycles. The number of carboxylic acids is 1. The first-order valence-electron chi connectivity index (χ1n) is 8.70. The fourth-order valence-corrected chi connectivity index (χ4v) is 4.80. The van der Waals surface area contributed by atoms with Crippen molar-refractivity contribution < 1.29 is 18.3 Å². The third-order valence-electron chi connectivity index (χ3n) is 4.65. The predicted octanol–water partition coefficient (Wildman–Crippen LogP) is 2.96. The van der Waals surface area contributed by atoms with Crippen LogP contribution < -0.4 is 4.72 Å². The quantitative estimate of drug-likeness (QED) is 0.677. The van der Waals surface area contributed by atoms with Crippen LogP contribution in [0.5, 0.6) is 0 Å². The average molecular weight is 353 g/mol. The van der Waals surface area contributed by atoms with E-state index in [0.29, 0.717) is 25.2 Å². The van der Waals surface area contributed by atoms with Crippen molar-refractivity contribution in [3.8, 4) is 0 Å². The zero-order chi connectivity index (χ0) is 17.4. The fraction of sp³-hybridized carbons (Fsp3) is 0.611. The van der Waals surface area contributed by atoms with Crippen molar-refractivity contribution in [1.82, 2.24) is 4.72 Å². The van der Waals surface area contributed by atoms with Crippen LogP contribution in [-0.4, -0.2) is 31.3 Å². The Morgan fingerprint density at radius 2 is 1.88 bits per heavy atom. The molecule has 5 nitrogen and oxygen atoms in total. The lowest BCUT2D eigenvalue weighted by Gasteiger charge is -2.19. The highest BCUT2D eigenvalue weighted by atomic mass is 32.2. The van der Waals surface area contributed by atoms with Gasteiger partial charge in [0.05, 0.1) is 5.75 Å². The molecule has 1 aliphatic rings. The summed E-state index contributed by atoms with van der Waals surface area (Å²) in [4.78, 5) is 10.8. The van der Waals surface area contributed by atoms with E-state index in [1.54, 1.807) is 0 Å². The number of hydrogen-bond acceptors (Lipinski definition) is 3. The summed E-state index contributed by atoms with van der Waals surface area (Å²) >= 11 is 0. The molecule has 0 amide bonds. The van der Waals surface area contributed by atoms with E-state index in [-0.39, 0.29) is 18.2 Å². The standard InChI is InChI=1S/C18H27NO4S/c20-18(21)11-10-17(14-16-8-2-1-3-9-16)19-24(22,23)13-12-15-6-4-5-7-15/h1-3,8-9,15,17,19H,4-7,10-14H2,(H,20,21). The van der Waals surface area contributed by atoms with Gasteiger partial charge in [0, 0.05) is 12.5 Å². The Morgan fingerprint density at radius 3 is 2.50 bits per heavy atom. The van der Waals surface area contributed by atoms with Crippen molar-refractivity contribution in [3.05, 3.63) is 35.9 Å². The summed E-state index contributed by atoms with van der Waals surface area (Å²) in [7, 11) is -3.38. The molecule has 2 rings (SSSR count). The van der Waals surface area contributed by atoms with Gasteiger partial charge >= 0.3 is 5.97 Å².